The third-order valence-electron chi connectivity index (χ3n) is 4.55. The van der Waals surface area contributed by atoms with E-state index in [-0.39, 0.29) is 35.5 Å². The van der Waals surface area contributed by atoms with E-state index >= 15 is 0 Å². The molecule has 22 heavy (non-hydrogen) atoms. The van der Waals surface area contributed by atoms with Crippen molar-refractivity contribution in [2.45, 2.75) is 40.2 Å². The Morgan fingerprint density at radius 2 is 1.91 bits per heavy atom. The van der Waals surface area contributed by atoms with Gasteiger partial charge in [0.05, 0.1) is 12.0 Å². The van der Waals surface area contributed by atoms with Gasteiger partial charge in [0.15, 0.2) is 5.78 Å². The molecule has 0 aromatic heterocycles. The number of carbonyl (C=O) groups excluding carboxylic acids is 2. The Balaban J connectivity index is 2.18. The van der Waals surface area contributed by atoms with Gasteiger partial charge in [-0.1, -0.05) is 60.1 Å². The number of allylic oxidation sites excluding steroid dienone is 2. The molecule has 0 spiro atoms. The number of benzene rings is 1. The lowest BCUT2D eigenvalue weighted by atomic mass is 9.70. The molecule has 1 amide bonds. The van der Waals surface area contributed by atoms with Gasteiger partial charge >= 0.3 is 0 Å². The van der Waals surface area contributed by atoms with Gasteiger partial charge in [-0.15, -0.1) is 0 Å². The second kappa shape index (κ2) is 6.37. The Kier molecular flexibility index (Phi) is 4.90. The molecule has 0 heterocycles. The van der Waals surface area contributed by atoms with E-state index in [0.29, 0.717) is 0 Å². The Hall–Kier alpha value is -1.42. The number of nitrogens with one attached hydrogen (secondary N) is 1. The molecule has 0 bridgehead atoms. The lowest BCUT2D eigenvalue weighted by Crippen LogP contribution is -2.44. The lowest BCUT2D eigenvalue weighted by Gasteiger charge is -2.38. The summed E-state index contributed by atoms with van der Waals surface area (Å²) in [6, 6.07) is 9.75. The van der Waals surface area contributed by atoms with Crippen molar-refractivity contribution >= 4 is 27.6 Å². The largest absolute Gasteiger partial charge is 0.349 e. The number of hydrogen-bond donors (Lipinski definition) is 1. The fourth-order valence-corrected chi connectivity index (χ4v) is 3.41. The van der Waals surface area contributed by atoms with E-state index in [9.17, 15) is 9.59 Å². The molecule has 1 aliphatic carbocycles. The molecule has 0 saturated heterocycles. The van der Waals surface area contributed by atoms with Gasteiger partial charge in [0.2, 0.25) is 5.91 Å². The van der Waals surface area contributed by atoms with E-state index in [1.54, 1.807) is 0 Å². The molecule has 1 aromatic carbocycles. The van der Waals surface area contributed by atoms with Crippen LogP contribution in [0.2, 0.25) is 0 Å². The van der Waals surface area contributed by atoms with Gasteiger partial charge in [-0.25, -0.2) is 0 Å². The zero-order valence-corrected chi connectivity index (χ0v) is 15.0. The summed E-state index contributed by atoms with van der Waals surface area (Å²) in [5.74, 6) is -0.387. The van der Waals surface area contributed by atoms with E-state index in [1.165, 1.54) is 0 Å². The van der Waals surface area contributed by atoms with Crippen molar-refractivity contribution in [1.29, 1.82) is 0 Å². The van der Waals surface area contributed by atoms with Crippen LogP contribution >= 0.6 is 15.9 Å². The first-order valence-corrected chi connectivity index (χ1v) is 8.29. The number of ketones is 1. The van der Waals surface area contributed by atoms with Crippen LogP contribution in [0.15, 0.2) is 40.4 Å². The minimum absolute atomic E-state index is 0.0405. The second-order valence-electron chi connectivity index (χ2n) is 6.48. The van der Waals surface area contributed by atoms with Crippen molar-refractivity contribution < 1.29 is 9.59 Å². The molecule has 2 unspecified atom stereocenters. The van der Waals surface area contributed by atoms with Gasteiger partial charge in [0.1, 0.15) is 0 Å². The maximum atomic E-state index is 12.7. The van der Waals surface area contributed by atoms with Crippen molar-refractivity contribution in [2.24, 2.45) is 11.3 Å². The van der Waals surface area contributed by atoms with Crippen LogP contribution in [0.3, 0.4) is 0 Å². The summed E-state index contributed by atoms with van der Waals surface area (Å²) in [4.78, 5) is 24.8. The highest BCUT2D eigenvalue weighted by atomic mass is 79.9. The van der Waals surface area contributed by atoms with E-state index < -0.39 is 0 Å². The maximum absolute atomic E-state index is 12.7. The van der Waals surface area contributed by atoms with Crippen molar-refractivity contribution in [3.8, 4) is 0 Å². The summed E-state index contributed by atoms with van der Waals surface area (Å²) in [6.07, 6.45) is 0.265. The van der Waals surface area contributed by atoms with Crippen molar-refractivity contribution in [1.82, 2.24) is 5.32 Å². The second-order valence-corrected chi connectivity index (χ2v) is 7.27. The van der Waals surface area contributed by atoms with E-state index in [1.807, 2.05) is 58.0 Å². The number of rotatable bonds is 3. The summed E-state index contributed by atoms with van der Waals surface area (Å²) in [7, 11) is 0. The fourth-order valence-electron chi connectivity index (χ4n) is 2.91. The third kappa shape index (κ3) is 3.17. The molecule has 0 aliphatic heterocycles. The van der Waals surface area contributed by atoms with Gasteiger partial charge in [-0.05, 0) is 19.4 Å². The van der Waals surface area contributed by atoms with Crippen LogP contribution in [0.25, 0.3) is 0 Å². The molecule has 0 fully saturated rings. The number of halogens is 1. The first-order valence-electron chi connectivity index (χ1n) is 7.50. The van der Waals surface area contributed by atoms with Crippen LogP contribution in [-0.2, 0) is 9.59 Å². The van der Waals surface area contributed by atoms with Crippen LogP contribution in [0, 0.1) is 11.3 Å². The molecule has 118 valence electrons. The number of carbonyl (C=O) groups is 2. The molecular weight excluding hydrogens is 342 g/mol. The van der Waals surface area contributed by atoms with E-state index in [2.05, 4.69) is 21.2 Å². The number of hydrogen-bond acceptors (Lipinski definition) is 2. The predicted molar refractivity (Wildman–Crippen MR) is 91.5 cm³/mol. The highest BCUT2D eigenvalue weighted by Gasteiger charge is 2.43. The molecular formula is C18H22BrNO2. The summed E-state index contributed by atoms with van der Waals surface area (Å²) in [5.41, 5.74) is 1.41. The maximum Gasteiger partial charge on any atom is 0.224 e. The van der Waals surface area contributed by atoms with Crippen LogP contribution in [0.4, 0.5) is 0 Å². The quantitative estimate of drug-likeness (QED) is 0.876. The first kappa shape index (κ1) is 16.9. The third-order valence-corrected chi connectivity index (χ3v) is 6.17. The average Bonchev–Trinajstić information content (AvgIpc) is 2.49. The van der Waals surface area contributed by atoms with Gasteiger partial charge in [0, 0.05) is 21.9 Å². The molecule has 0 radical (unpaired) electrons. The Bertz CT molecular complexity index is 619. The minimum atomic E-state index is -0.377. The van der Waals surface area contributed by atoms with Crippen molar-refractivity contribution in [3.05, 3.63) is 46.0 Å². The van der Waals surface area contributed by atoms with Crippen LogP contribution < -0.4 is 5.32 Å². The SMILES string of the molecule is CC1=C(Br)C(C)(C)C(C(=O)NC(C)c2ccccc2)CC1=O. The minimum Gasteiger partial charge on any atom is -0.349 e. The summed E-state index contributed by atoms with van der Waals surface area (Å²) in [5, 5.41) is 3.04. The van der Waals surface area contributed by atoms with Crippen LogP contribution in [0.5, 0.6) is 0 Å². The topological polar surface area (TPSA) is 46.2 Å². The monoisotopic (exact) mass is 363 g/mol. The molecule has 2 atom stereocenters. The Labute approximate surface area is 140 Å². The van der Waals surface area contributed by atoms with E-state index in [0.717, 1.165) is 15.6 Å². The Morgan fingerprint density at radius 3 is 2.50 bits per heavy atom. The van der Waals surface area contributed by atoms with Crippen LogP contribution in [0.1, 0.15) is 45.7 Å². The average molecular weight is 364 g/mol. The summed E-state index contributed by atoms with van der Waals surface area (Å²) < 4.78 is 0.837. The summed E-state index contributed by atoms with van der Waals surface area (Å²) >= 11 is 3.51. The highest BCUT2D eigenvalue weighted by Crippen LogP contribution is 2.46. The molecule has 4 heteroatoms. The molecule has 0 saturated carbocycles. The summed E-state index contributed by atoms with van der Waals surface area (Å²) in [6.45, 7) is 7.78. The van der Waals surface area contributed by atoms with E-state index in [4.69, 9.17) is 0 Å². The molecule has 1 N–H and O–H groups in total. The fraction of sp³-hybridized carbons (Fsp3) is 0.444. The molecule has 3 nitrogen and oxygen atoms in total. The number of amides is 1. The molecule has 1 aliphatic rings. The zero-order valence-electron chi connectivity index (χ0n) is 13.4. The number of Topliss-reactive ketones (excluding diaryl/α,β-unsaturated/α-hetero) is 1. The van der Waals surface area contributed by atoms with Crippen molar-refractivity contribution in [2.75, 3.05) is 0 Å². The molecule has 1 aromatic rings. The van der Waals surface area contributed by atoms with Gasteiger partial charge in [-0.2, -0.15) is 0 Å². The first-order chi connectivity index (χ1) is 10.2. The van der Waals surface area contributed by atoms with Gasteiger partial charge < -0.3 is 5.32 Å². The smallest absolute Gasteiger partial charge is 0.224 e. The highest BCUT2D eigenvalue weighted by molar-refractivity contribution is 9.11. The van der Waals surface area contributed by atoms with Gasteiger partial charge in [-0.3, -0.25) is 9.59 Å². The van der Waals surface area contributed by atoms with Crippen LogP contribution in [-0.4, -0.2) is 11.7 Å². The van der Waals surface area contributed by atoms with Crippen molar-refractivity contribution in [3.63, 3.8) is 0 Å². The molecule has 2 rings (SSSR count). The normalized spacial score (nSPS) is 22.4. The standard InChI is InChI=1S/C18H22BrNO2/c1-11-15(21)10-14(18(3,4)16(11)19)17(22)20-12(2)13-8-6-5-7-9-13/h5-9,12,14H,10H2,1-4H3,(H,20,22). The zero-order chi connectivity index (χ0) is 16.5. The Morgan fingerprint density at radius 1 is 1.32 bits per heavy atom. The lowest BCUT2D eigenvalue weighted by molar-refractivity contribution is -0.132. The predicted octanol–water partition coefficient (Wildman–Crippen LogP) is 4.15. The van der Waals surface area contributed by atoms with Gasteiger partial charge in [0.25, 0.3) is 0 Å².